The summed E-state index contributed by atoms with van der Waals surface area (Å²) in [5, 5.41) is 0. The van der Waals surface area contributed by atoms with E-state index in [1.54, 1.807) is 0 Å². The number of ether oxygens (including phenoxy) is 2. The molecule has 7 heteroatoms. The predicted octanol–water partition coefficient (Wildman–Crippen LogP) is 2.19. The summed E-state index contributed by atoms with van der Waals surface area (Å²) in [5.41, 5.74) is 4.22. The van der Waals surface area contributed by atoms with Gasteiger partial charge in [0.2, 0.25) is 0 Å². The number of esters is 1. The van der Waals surface area contributed by atoms with E-state index in [0.29, 0.717) is 0 Å². The van der Waals surface area contributed by atoms with Gasteiger partial charge in [-0.2, -0.15) is 8.78 Å². The summed E-state index contributed by atoms with van der Waals surface area (Å²) in [6, 6.07) is 1.68. The molecule has 0 saturated heterocycles. The number of anilines is 1. The van der Waals surface area contributed by atoms with Crippen LogP contribution in [-0.4, -0.2) is 19.2 Å². The van der Waals surface area contributed by atoms with Crippen molar-refractivity contribution in [1.82, 2.24) is 0 Å². The molecule has 0 atom stereocenters. The van der Waals surface area contributed by atoms with E-state index in [2.05, 4.69) is 9.47 Å². The lowest BCUT2D eigenvalue weighted by Crippen LogP contribution is -2.11. The lowest BCUT2D eigenvalue weighted by Gasteiger charge is -2.09. The molecule has 0 fully saturated rings. The number of nitrogen functional groups attached to an aromatic ring is 1. The molecule has 0 amide bonds. The van der Waals surface area contributed by atoms with Crippen molar-refractivity contribution in [3.63, 3.8) is 0 Å². The number of benzene rings is 1. The molecular weight excluding hydrogens is 239 g/mol. The maximum atomic E-state index is 13.4. The summed E-state index contributed by atoms with van der Waals surface area (Å²) in [7, 11) is 0. The fourth-order valence-corrected chi connectivity index (χ4v) is 1.15. The molecule has 0 bridgehead atoms. The minimum atomic E-state index is -3.09. The number of alkyl halides is 2. The lowest BCUT2D eigenvalue weighted by atomic mass is 10.1. The highest BCUT2D eigenvalue weighted by Gasteiger charge is 2.18. The van der Waals surface area contributed by atoms with E-state index >= 15 is 0 Å². The third-order valence-electron chi connectivity index (χ3n) is 1.79. The van der Waals surface area contributed by atoms with E-state index in [-0.39, 0.29) is 6.61 Å². The minimum absolute atomic E-state index is 0.0259. The number of carbonyl (C=O) groups excluding carboxylic acids is 1. The average Bonchev–Trinajstić information content (AvgIpc) is 2.22. The zero-order valence-corrected chi connectivity index (χ0v) is 8.88. The van der Waals surface area contributed by atoms with Crippen LogP contribution in [0.5, 0.6) is 5.75 Å². The van der Waals surface area contributed by atoms with Gasteiger partial charge in [-0.1, -0.05) is 0 Å². The Kier molecular flexibility index (Phi) is 4.19. The molecule has 0 spiro atoms. The van der Waals surface area contributed by atoms with E-state index in [0.717, 1.165) is 12.1 Å². The van der Waals surface area contributed by atoms with E-state index in [9.17, 15) is 18.0 Å². The molecule has 0 radical (unpaired) electrons. The van der Waals surface area contributed by atoms with Gasteiger partial charge in [-0.05, 0) is 13.0 Å². The number of hydrogen-bond acceptors (Lipinski definition) is 4. The van der Waals surface area contributed by atoms with Crippen LogP contribution < -0.4 is 10.5 Å². The smallest absolute Gasteiger partial charge is 0.387 e. The second kappa shape index (κ2) is 5.42. The van der Waals surface area contributed by atoms with Gasteiger partial charge in [0, 0.05) is 6.07 Å². The van der Waals surface area contributed by atoms with Gasteiger partial charge in [-0.25, -0.2) is 9.18 Å². The van der Waals surface area contributed by atoms with E-state index in [1.807, 2.05) is 0 Å². The van der Waals surface area contributed by atoms with Crippen molar-refractivity contribution in [3.05, 3.63) is 23.5 Å². The molecule has 17 heavy (non-hydrogen) atoms. The topological polar surface area (TPSA) is 61.5 Å². The SMILES string of the molecule is CCOC(=O)c1cc(OC(F)F)cc(N)c1F. The fourth-order valence-electron chi connectivity index (χ4n) is 1.15. The molecule has 0 saturated carbocycles. The zero-order chi connectivity index (χ0) is 13.0. The maximum absolute atomic E-state index is 13.4. The fraction of sp³-hybridized carbons (Fsp3) is 0.300. The predicted molar refractivity (Wildman–Crippen MR) is 53.4 cm³/mol. The maximum Gasteiger partial charge on any atom is 0.387 e. The van der Waals surface area contributed by atoms with Gasteiger partial charge >= 0.3 is 12.6 Å². The largest absolute Gasteiger partial charge is 0.462 e. The van der Waals surface area contributed by atoms with Gasteiger partial charge < -0.3 is 15.2 Å². The van der Waals surface area contributed by atoms with Crippen LogP contribution in [0.4, 0.5) is 18.9 Å². The summed E-state index contributed by atoms with van der Waals surface area (Å²) < 4.78 is 45.9. The molecular formula is C10H10F3NO3. The van der Waals surface area contributed by atoms with Crippen LogP contribution in [0.25, 0.3) is 0 Å². The van der Waals surface area contributed by atoms with Crippen molar-refractivity contribution in [1.29, 1.82) is 0 Å². The first-order valence-corrected chi connectivity index (χ1v) is 4.66. The van der Waals surface area contributed by atoms with Crippen molar-refractivity contribution in [3.8, 4) is 5.75 Å². The van der Waals surface area contributed by atoms with E-state index < -0.39 is 35.4 Å². The molecule has 1 rings (SSSR count). The molecule has 4 nitrogen and oxygen atoms in total. The first kappa shape index (κ1) is 13.1. The lowest BCUT2D eigenvalue weighted by molar-refractivity contribution is -0.0499. The van der Waals surface area contributed by atoms with Crippen LogP contribution in [0.1, 0.15) is 17.3 Å². The highest BCUT2D eigenvalue weighted by Crippen LogP contribution is 2.25. The highest BCUT2D eigenvalue weighted by atomic mass is 19.3. The number of hydrogen-bond donors (Lipinski definition) is 1. The Morgan fingerprint density at radius 1 is 1.47 bits per heavy atom. The second-order valence-electron chi connectivity index (χ2n) is 2.97. The van der Waals surface area contributed by atoms with E-state index in [4.69, 9.17) is 5.73 Å². The highest BCUT2D eigenvalue weighted by molar-refractivity contribution is 5.91. The normalized spacial score (nSPS) is 10.4. The molecule has 0 aromatic heterocycles. The Morgan fingerprint density at radius 3 is 2.65 bits per heavy atom. The molecule has 94 valence electrons. The summed E-state index contributed by atoms with van der Waals surface area (Å²) in [4.78, 5) is 11.3. The van der Waals surface area contributed by atoms with Gasteiger partial charge in [0.15, 0.2) is 5.82 Å². The zero-order valence-electron chi connectivity index (χ0n) is 8.88. The van der Waals surface area contributed by atoms with Gasteiger partial charge in [0.25, 0.3) is 0 Å². The number of carbonyl (C=O) groups is 1. The molecule has 2 N–H and O–H groups in total. The first-order valence-electron chi connectivity index (χ1n) is 4.66. The summed E-state index contributed by atoms with van der Waals surface area (Å²) in [5.74, 6) is -2.41. The Morgan fingerprint density at radius 2 is 2.12 bits per heavy atom. The van der Waals surface area contributed by atoms with Gasteiger partial charge in [-0.3, -0.25) is 0 Å². The van der Waals surface area contributed by atoms with Crippen LogP contribution in [-0.2, 0) is 4.74 Å². The quantitative estimate of drug-likeness (QED) is 0.656. The van der Waals surface area contributed by atoms with Crippen molar-refractivity contribution in [2.75, 3.05) is 12.3 Å². The molecule has 0 aliphatic rings. The summed E-state index contributed by atoms with van der Waals surface area (Å²) in [6.45, 7) is -1.54. The number of rotatable bonds is 4. The van der Waals surface area contributed by atoms with Crippen molar-refractivity contribution in [2.24, 2.45) is 0 Å². The monoisotopic (exact) mass is 249 g/mol. The van der Waals surface area contributed by atoms with Crippen molar-refractivity contribution < 1.29 is 27.4 Å². The Balaban J connectivity index is 3.10. The van der Waals surface area contributed by atoms with Gasteiger partial charge in [0.1, 0.15) is 11.3 Å². The average molecular weight is 249 g/mol. The van der Waals surface area contributed by atoms with Crippen LogP contribution in [0.15, 0.2) is 12.1 Å². The Bertz CT molecular complexity index is 424. The third-order valence-corrected chi connectivity index (χ3v) is 1.79. The first-order chi connectivity index (χ1) is 7.95. The second-order valence-corrected chi connectivity index (χ2v) is 2.97. The van der Waals surface area contributed by atoms with Crippen LogP contribution in [0.3, 0.4) is 0 Å². The molecule has 1 aromatic carbocycles. The van der Waals surface area contributed by atoms with Crippen molar-refractivity contribution in [2.45, 2.75) is 13.5 Å². The molecule has 0 aliphatic heterocycles. The standard InChI is InChI=1S/C10H10F3NO3/c1-2-16-9(15)6-3-5(17-10(12)13)4-7(14)8(6)11/h3-4,10H,2,14H2,1H3. The Hall–Kier alpha value is -1.92. The van der Waals surface area contributed by atoms with Crippen molar-refractivity contribution >= 4 is 11.7 Å². The molecule has 0 unspecified atom stereocenters. The minimum Gasteiger partial charge on any atom is -0.462 e. The van der Waals surface area contributed by atoms with Crippen LogP contribution in [0, 0.1) is 5.82 Å². The molecule has 0 aliphatic carbocycles. The molecule has 1 aromatic rings. The third kappa shape index (κ3) is 3.27. The van der Waals surface area contributed by atoms with E-state index in [1.165, 1.54) is 6.92 Å². The van der Waals surface area contributed by atoms with Gasteiger partial charge in [0.05, 0.1) is 12.3 Å². The van der Waals surface area contributed by atoms with Crippen LogP contribution >= 0.6 is 0 Å². The summed E-state index contributed by atoms with van der Waals surface area (Å²) in [6.07, 6.45) is 0. The van der Waals surface area contributed by atoms with Crippen LogP contribution in [0.2, 0.25) is 0 Å². The Labute approximate surface area is 95.1 Å². The molecule has 0 heterocycles. The number of halogens is 3. The number of nitrogens with two attached hydrogens (primary N) is 1. The summed E-state index contributed by atoms with van der Waals surface area (Å²) >= 11 is 0. The van der Waals surface area contributed by atoms with Gasteiger partial charge in [-0.15, -0.1) is 0 Å².